The second-order valence-electron chi connectivity index (χ2n) is 5.02. The van der Waals surface area contributed by atoms with E-state index < -0.39 is 5.60 Å². The quantitative estimate of drug-likeness (QED) is 0.566. The van der Waals surface area contributed by atoms with E-state index in [4.69, 9.17) is 0 Å². The van der Waals surface area contributed by atoms with Crippen LogP contribution in [-0.4, -0.2) is 10.7 Å². The monoisotopic (exact) mass is 220 g/mol. The van der Waals surface area contributed by atoms with Gasteiger partial charge < -0.3 is 5.11 Å². The fourth-order valence-electron chi connectivity index (χ4n) is 1.16. The summed E-state index contributed by atoms with van der Waals surface area (Å²) in [6.45, 7) is 9.80. The van der Waals surface area contributed by atoms with Gasteiger partial charge in [0.15, 0.2) is 0 Å². The molecule has 0 saturated heterocycles. The van der Waals surface area contributed by atoms with Crippen LogP contribution in [0.25, 0.3) is 0 Å². The number of aliphatic hydroxyl groups is 1. The average Bonchev–Trinajstić information content (AvgIpc) is 2.10. The van der Waals surface area contributed by atoms with E-state index in [9.17, 15) is 5.11 Å². The Morgan fingerprint density at radius 3 is 2.50 bits per heavy atom. The smallest absolute Gasteiger partial charge is 0.120 e. The van der Waals surface area contributed by atoms with Crippen molar-refractivity contribution in [1.29, 1.82) is 0 Å². The van der Waals surface area contributed by atoms with E-state index in [1.54, 1.807) is 13.8 Å². The zero-order valence-corrected chi connectivity index (χ0v) is 11.2. The zero-order valence-electron chi connectivity index (χ0n) is 11.2. The molecule has 0 aliphatic heterocycles. The Labute approximate surface area is 100 Å². The molecule has 1 unspecified atom stereocenters. The maximum Gasteiger partial charge on any atom is 0.120 e. The van der Waals surface area contributed by atoms with E-state index in [2.05, 4.69) is 44.8 Å². The van der Waals surface area contributed by atoms with E-state index in [-0.39, 0.29) is 0 Å². The lowest BCUT2D eigenvalue weighted by atomic mass is 10.0. The summed E-state index contributed by atoms with van der Waals surface area (Å²) in [4.78, 5) is 0. The molecule has 0 rings (SSSR count). The van der Waals surface area contributed by atoms with Crippen molar-refractivity contribution in [2.75, 3.05) is 0 Å². The molecule has 16 heavy (non-hydrogen) atoms. The van der Waals surface area contributed by atoms with E-state index in [0.29, 0.717) is 5.92 Å². The van der Waals surface area contributed by atoms with Crippen LogP contribution in [0.3, 0.4) is 0 Å². The fraction of sp³-hybridized carbons (Fsp3) is 0.600. The van der Waals surface area contributed by atoms with Gasteiger partial charge in [-0.2, -0.15) is 0 Å². The third-order valence-corrected chi connectivity index (χ3v) is 2.06. The van der Waals surface area contributed by atoms with Gasteiger partial charge in [0.25, 0.3) is 0 Å². The Hall–Kier alpha value is -1.00. The van der Waals surface area contributed by atoms with Crippen molar-refractivity contribution in [3.8, 4) is 11.8 Å². The van der Waals surface area contributed by atoms with Crippen molar-refractivity contribution in [2.45, 2.75) is 53.1 Å². The standard InChI is InChI=1S/C15H24O/c1-13(2)9-8-11-14(3)10-6-7-12-15(4,5)16/h6,9-10,14,16H,8,11H2,1-5H3/b10-6+. The molecule has 0 amide bonds. The fourth-order valence-corrected chi connectivity index (χ4v) is 1.16. The molecule has 0 fully saturated rings. The summed E-state index contributed by atoms with van der Waals surface area (Å²) in [7, 11) is 0. The first kappa shape index (κ1) is 15.0. The van der Waals surface area contributed by atoms with Gasteiger partial charge in [-0.25, -0.2) is 0 Å². The highest BCUT2D eigenvalue weighted by molar-refractivity contribution is 5.20. The molecular formula is C15H24O. The molecule has 0 heterocycles. The van der Waals surface area contributed by atoms with Gasteiger partial charge in [0.1, 0.15) is 5.60 Å². The highest BCUT2D eigenvalue weighted by Gasteiger charge is 2.04. The molecule has 0 radical (unpaired) electrons. The maximum absolute atomic E-state index is 9.37. The lowest BCUT2D eigenvalue weighted by Gasteiger charge is -2.05. The topological polar surface area (TPSA) is 20.2 Å². The van der Waals surface area contributed by atoms with E-state index in [1.807, 2.05) is 6.08 Å². The lowest BCUT2D eigenvalue weighted by Crippen LogP contribution is -2.14. The third-order valence-electron chi connectivity index (χ3n) is 2.06. The molecular weight excluding hydrogens is 196 g/mol. The number of hydrogen-bond donors (Lipinski definition) is 1. The predicted molar refractivity (Wildman–Crippen MR) is 71.0 cm³/mol. The van der Waals surface area contributed by atoms with Crippen LogP contribution in [0.2, 0.25) is 0 Å². The van der Waals surface area contributed by atoms with Crippen LogP contribution in [0.5, 0.6) is 0 Å². The Kier molecular flexibility index (Phi) is 6.85. The van der Waals surface area contributed by atoms with Crippen LogP contribution in [0, 0.1) is 17.8 Å². The largest absolute Gasteiger partial charge is 0.378 e. The Bertz CT molecular complexity index is 301. The summed E-state index contributed by atoms with van der Waals surface area (Å²) in [6, 6.07) is 0. The SMILES string of the molecule is CC(C)=CCCC(C)/C=C/C#CC(C)(C)O. The second-order valence-corrected chi connectivity index (χ2v) is 5.02. The summed E-state index contributed by atoms with van der Waals surface area (Å²) in [5.41, 5.74) is 0.480. The first-order chi connectivity index (χ1) is 7.31. The molecule has 0 spiro atoms. The number of hydrogen-bond acceptors (Lipinski definition) is 1. The minimum absolute atomic E-state index is 0.534. The van der Waals surface area contributed by atoms with E-state index in [0.717, 1.165) is 12.8 Å². The summed E-state index contributed by atoms with van der Waals surface area (Å²) < 4.78 is 0. The Morgan fingerprint density at radius 1 is 1.38 bits per heavy atom. The van der Waals surface area contributed by atoms with Gasteiger partial charge >= 0.3 is 0 Å². The number of rotatable bonds is 4. The summed E-state index contributed by atoms with van der Waals surface area (Å²) in [5.74, 6) is 6.15. The van der Waals surface area contributed by atoms with Crippen molar-refractivity contribution in [2.24, 2.45) is 5.92 Å². The lowest BCUT2D eigenvalue weighted by molar-refractivity contribution is 0.143. The molecule has 0 aromatic rings. The first-order valence-electron chi connectivity index (χ1n) is 5.86. The van der Waals surface area contributed by atoms with E-state index in [1.165, 1.54) is 5.57 Å². The summed E-state index contributed by atoms with van der Waals surface area (Å²) in [6.07, 6.45) is 8.45. The van der Waals surface area contributed by atoms with Gasteiger partial charge in [0, 0.05) is 0 Å². The molecule has 0 aliphatic rings. The molecule has 0 bridgehead atoms. The van der Waals surface area contributed by atoms with Gasteiger partial charge in [-0.05, 0) is 52.5 Å². The van der Waals surface area contributed by atoms with Crippen LogP contribution in [0.1, 0.15) is 47.5 Å². The zero-order chi connectivity index (χ0) is 12.6. The van der Waals surface area contributed by atoms with Crippen LogP contribution < -0.4 is 0 Å². The minimum Gasteiger partial charge on any atom is -0.378 e. The molecule has 1 atom stereocenters. The summed E-state index contributed by atoms with van der Waals surface area (Å²) >= 11 is 0. The van der Waals surface area contributed by atoms with Crippen molar-refractivity contribution in [3.63, 3.8) is 0 Å². The average molecular weight is 220 g/mol. The van der Waals surface area contributed by atoms with Crippen molar-refractivity contribution in [1.82, 2.24) is 0 Å². The van der Waals surface area contributed by atoms with Crippen molar-refractivity contribution < 1.29 is 5.11 Å². The van der Waals surface area contributed by atoms with E-state index >= 15 is 0 Å². The minimum atomic E-state index is -0.893. The van der Waals surface area contributed by atoms with Crippen LogP contribution in [-0.2, 0) is 0 Å². The molecule has 1 heteroatoms. The Balaban J connectivity index is 3.95. The normalized spacial score (nSPS) is 13.1. The van der Waals surface area contributed by atoms with Crippen LogP contribution in [0.15, 0.2) is 23.8 Å². The molecule has 90 valence electrons. The van der Waals surface area contributed by atoms with Gasteiger partial charge in [-0.15, -0.1) is 0 Å². The van der Waals surface area contributed by atoms with Gasteiger partial charge in [-0.3, -0.25) is 0 Å². The van der Waals surface area contributed by atoms with Gasteiger partial charge in [0.05, 0.1) is 0 Å². The molecule has 0 aromatic carbocycles. The highest BCUT2D eigenvalue weighted by Crippen LogP contribution is 2.08. The maximum atomic E-state index is 9.37. The van der Waals surface area contributed by atoms with Gasteiger partial charge in [-0.1, -0.05) is 36.5 Å². The molecule has 1 N–H and O–H groups in total. The van der Waals surface area contributed by atoms with Crippen molar-refractivity contribution in [3.05, 3.63) is 23.8 Å². The van der Waals surface area contributed by atoms with Crippen LogP contribution >= 0.6 is 0 Å². The molecule has 1 nitrogen and oxygen atoms in total. The predicted octanol–water partition coefficient (Wildman–Crippen LogP) is 3.70. The van der Waals surface area contributed by atoms with Gasteiger partial charge in [0.2, 0.25) is 0 Å². The highest BCUT2D eigenvalue weighted by atomic mass is 16.3. The van der Waals surface area contributed by atoms with Crippen LogP contribution in [0.4, 0.5) is 0 Å². The number of allylic oxidation sites excluding steroid dienone is 4. The van der Waals surface area contributed by atoms with Crippen molar-refractivity contribution >= 4 is 0 Å². The Morgan fingerprint density at radius 2 is 2.00 bits per heavy atom. The third kappa shape index (κ3) is 11.1. The summed E-state index contributed by atoms with van der Waals surface area (Å²) in [5, 5.41) is 9.37. The first-order valence-corrected chi connectivity index (χ1v) is 5.86. The second kappa shape index (κ2) is 7.30. The molecule has 0 aliphatic carbocycles. The molecule has 0 aromatic heterocycles. The molecule has 0 saturated carbocycles.